The number of amidine groups is 1. The minimum absolute atomic E-state index is 0.0241. The Balaban J connectivity index is 2.34. The van der Waals surface area contributed by atoms with Crippen molar-refractivity contribution in [1.82, 2.24) is 14.8 Å². The average Bonchev–Trinajstić information content (AvgIpc) is 2.61. The van der Waals surface area contributed by atoms with Gasteiger partial charge in [-0.15, -0.1) is 0 Å². The summed E-state index contributed by atoms with van der Waals surface area (Å²) in [5.41, 5.74) is 12.7. The molecular formula is C10H12N6. The van der Waals surface area contributed by atoms with Crippen molar-refractivity contribution < 1.29 is 0 Å². The van der Waals surface area contributed by atoms with Crippen molar-refractivity contribution in [2.24, 2.45) is 5.73 Å². The molecule has 2 aromatic rings. The van der Waals surface area contributed by atoms with Gasteiger partial charge in [0.1, 0.15) is 11.7 Å². The molecule has 82 valence electrons. The maximum atomic E-state index is 7.19. The number of nitrogens with zero attached hydrogens (tertiary/aromatic N) is 3. The second-order valence-corrected chi connectivity index (χ2v) is 3.37. The summed E-state index contributed by atoms with van der Waals surface area (Å²) in [6.45, 7) is 0.205. The van der Waals surface area contributed by atoms with Gasteiger partial charge >= 0.3 is 0 Å². The molecule has 0 aliphatic carbocycles. The number of nitrogen functional groups attached to an aromatic ring is 1. The van der Waals surface area contributed by atoms with Gasteiger partial charge in [-0.05, 0) is 12.1 Å². The summed E-state index contributed by atoms with van der Waals surface area (Å²) in [5, 5.41) is 11.5. The fourth-order valence-corrected chi connectivity index (χ4v) is 1.38. The Morgan fingerprint density at radius 2 is 2.06 bits per heavy atom. The van der Waals surface area contributed by atoms with Crippen molar-refractivity contribution in [1.29, 1.82) is 5.41 Å². The highest BCUT2D eigenvalue weighted by Gasteiger charge is 2.07. The molecule has 16 heavy (non-hydrogen) atoms. The Morgan fingerprint density at radius 3 is 2.69 bits per heavy atom. The van der Waals surface area contributed by atoms with Crippen molar-refractivity contribution in [2.45, 2.75) is 6.54 Å². The molecular weight excluding hydrogens is 204 g/mol. The molecule has 0 aliphatic heterocycles. The van der Waals surface area contributed by atoms with Crippen LogP contribution in [-0.4, -0.2) is 20.6 Å². The molecule has 6 heteroatoms. The van der Waals surface area contributed by atoms with E-state index < -0.39 is 0 Å². The van der Waals surface area contributed by atoms with Crippen molar-refractivity contribution in [2.75, 3.05) is 5.73 Å². The first kappa shape index (κ1) is 10.2. The topological polar surface area (TPSA) is 107 Å². The van der Waals surface area contributed by atoms with Crippen LogP contribution in [0.1, 0.15) is 0 Å². The van der Waals surface area contributed by atoms with Gasteiger partial charge in [-0.1, -0.05) is 0 Å². The Kier molecular flexibility index (Phi) is 2.55. The average molecular weight is 216 g/mol. The Morgan fingerprint density at radius 1 is 1.38 bits per heavy atom. The molecule has 0 fully saturated rings. The smallest absolute Gasteiger partial charge is 0.122 e. The van der Waals surface area contributed by atoms with E-state index in [1.165, 1.54) is 4.68 Å². The minimum atomic E-state index is 0.0241. The summed E-state index contributed by atoms with van der Waals surface area (Å²) in [7, 11) is 0. The molecule has 0 amide bonds. The van der Waals surface area contributed by atoms with E-state index >= 15 is 0 Å². The molecule has 0 saturated heterocycles. The minimum Gasteiger partial charge on any atom is -0.386 e. The zero-order chi connectivity index (χ0) is 11.5. The van der Waals surface area contributed by atoms with Gasteiger partial charge in [0.2, 0.25) is 0 Å². The SMILES string of the molecule is N=C(N)Cn1nc(-c2ccncc2)cc1N. The van der Waals surface area contributed by atoms with Gasteiger partial charge in [0.15, 0.2) is 0 Å². The van der Waals surface area contributed by atoms with Gasteiger partial charge in [0.25, 0.3) is 0 Å². The van der Waals surface area contributed by atoms with Crippen LogP contribution in [0.3, 0.4) is 0 Å². The molecule has 0 atom stereocenters. The lowest BCUT2D eigenvalue weighted by Crippen LogP contribution is -2.19. The van der Waals surface area contributed by atoms with Gasteiger partial charge in [0.05, 0.1) is 12.2 Å². The maximum absolute atomic E-state index is 7.19. The van der Waals surface area contributed by atoms with Crippen LogP contribution in [0.2, 0.25) is 0 Å². The predicted molar refractivity (Wildman–Crippen MR) is 61.8 cm³/mol. The highest BCUT2D eigenvalue weighted by Crippen LogP contribution is 2.18. The van der Waals surface area contributed by atoms with Crippen LogP contribution in [0.25, 0.3) is 11.3 Å². The number of hydrogen-bond donors (Lipinski definition) is 3. The first-order valence-electron chi connectivity index (χ1n) is 4.73. The lowest BCUT2D eigenvalue weighted by Gasteiger charge is -2.00. The first-order chi connectivity index (χ1) is 7.66. The largest absolute Gasteiger partial charge is 0.386 e. The number of nitrogens with one attached hydrogen (secondary N) is 1. The summed E-state index contributed by atoms with van der Waals surface area (Å²) in [5.74, 6) is 0.512. The van der Waals surface area contributed by atoms with E-state index in [-0.39, 0.29) is 12.4 Å². The molecule has 0 radical (unpaired) electrons. The quantitative estimate of drug-likeness (QED) is 0.511. The van der Waals surface area contributed by atoms with Crippen LogP contribution in [0, 0.1) is 5.41 Å². The molecule has 0 spiro atoms. The van der Waals surface area contributed by atoms with Gasteiger partial charge in [0, 0.05) is 24.0 Å². The molecule has 2 rings (SSSR count). The van der Waals surface area contributed by atoms with Crippen molar-refractivity contribution >= 4 is 11.7 Å². The summed E-state index contributed by atoms with van der Waals surface area (Å²) in [6, 6.07) is 5.44. The van der Waals surface area contributed by atoms with Crippen LogP contribution >= 0.6 is 0 Å². The highest BCUT2D eigenvalue weighted by atomic mass is 15.3. The maximum Gasteiger partial charge on any atom is 0.122 e. The molecule has 0 saturated carbocycles. The fourth-order valence-electron chi connectivity index (χ4n) is 1.38. The molecule has 0 bridgehead atoms. The molecule has 0 aromatic carbocycles. The van der Waals surface area contributed by atoms with Gasteiger partial charge < -0.3 is 11.5 Å². The molecule has 0 aliphatic rings. The Labute approximate surface area is 92.4 Å². The standard InChI is InChI=1S/C10H12N6/c11-9(12)6-16-10(13)5-8(15-16)7-1-3-14-4-2-7/h1-5H,6,13H2,(H3,11,12). The zero-order valence-corrected chi connectivity index (χ0v) is 8.59. The second-order valence-electron chi connectivity index (χ2n) is 3.37. The van der Waals surface area contributed by atoms with E-state index in [0.717, 1.165) is 11.3 Å². The highest BCUT2D eigenvalue weighted by molar-refractivity contribution is 5.77. The van der Waals surface area contributed by atoms with E-state index in [4.69, 9.17) is 16.9 Å². The third-order valence-electron chi connectivity index (χ3n) is 2.11. The lowest BCUT2D eigenvalue weighted by molar-refractivity contribution is 0.731. The third kappa shape index (κ3) is 2.00. The number of pyridine rings is 1. The normalized spacial score (nSPS) is 10.2. The first-order valence-corrected chi connectivity index (χ1v) is 4.73. The van der Waals surface area contributed by atoms with E-state index in [9.17, 15) is 0 Å². The molecule has 0 unspecified atom stereocenters. The Hall–Kier alpha value is -2.37. The van der Waals surface area contributed by atoms with E-state index in [1.54, 1.807) is 18.5 Å². The van der Waals surface area contributed by atoms with Crippen LogP contribution in [0.4, 0.5) is 5.82 Å². The second kappa shape index (κ2) is 4.01. The summed E-state index contributed by atoms with van der Waals surface area (Å²) < 4.78 is 1.50. The van der Waals surface area contributed by atoms with Crippen LogP contribution < -0.4 is 11.5 Å². The number of anilines is 1. The summed E-state index contributed by atoms with van der Waals surface area (Å²) >= 11 is 0. The third-order valence-corrected chi connectivity index (χ3v) is 2.11. The number of aromatic nitrogens is 3. The van der Waals surface area contributed by atoms with Crippen LogP contribution in [-0.2, 0) is 6.54 Å². The monoisotopic (exact) mass is 216 g/mol. The lowest BCUT2D eigenvalue weighted by atomic mass is 10.2. The zero-order valence-electron chi connectivity index (χ0n) is 8.59. The fraction of sp³-hybridized carbons (Fsp3) is 0.100. The van der Waals surface area contributed by atoms with Crippen molar-refractivity contribution in [3.63, 3.8) is 0 Å². The predicted octanol–water partition coefficient (Wildman–Crippen LogP) is 0.463. The van der Waals surface area contributed by atoms with Crippen LogP contribution in [0.5, 0.6) is 0 Å². The summed E-state index contributed by atoms with van der Waals surface area (Å²) in [6.07, 6.45) is 3.38. The molecule has 5 N–H and O–H groups in total. The van der Waals surface area contributed by atoms with E-state index in [0.29, 0.717) is 5.82 Å². The molecule has 2 heterocycles. The van der Waals surface area contributed by atoms with E-state index in [2.05, 4.69) is 10.1 Å². The number of rotatable bonds is 3. The molecule has 6 nitrogen and oxygen atoms in total. The van der Waals surface area contributed by atoms with Crippen molar-refractivity contribution in [3.8, 4) is 11.3 Å². The van der Waals surface area contributed by atoms with Gasteiger partial charge in [-0.2, -0.15) is 5.10 Å². The molecule has 2 aromatic heterocycles. The Bertz CT molecular complexity index is 501. The van der Waals surface area contributed by atoms with Gasteiger partial charge in [-0.25, -0.2) is 4.68 Å². The number of nitrogens with two attached hydrogens (primary N) is 2. The van der Waals surface area contributed by atoms with Gasteiger partial charge in [-0.3, -0.25) is 10.4 Å². The van der Waals surface area contributed by atoms with Crippen LogP contribution in [0.15, 0.2) is 30.6 Å². The van der Waals surface area contributed by atoms with Crippen molar-refractivity contribution in [3.05, 3.63) is 30.6 Å². The number of hydrogen-bond acceptors (Lipinski definition) is 4. The van der Waals surface area contributed by atoms with E-state index in [1.807, 2.05) is 12.1 Å². The summed E-state index contributed by atoms with van der Waals surface area (Å²) in [4.78, 5) is 3.93.